The summed E-state index contributed by atoms with van der Waals surface area (Å²) in [5.74, 6) is -2.12. The van der Waals surface area contributed by atoms with E-state index in [-0.39, 0.29) is 73.3 Å². The Morgan fingerprint density at radius 3 is 1.71 bits per heavy atom. The van der Waals surface area contributed by atoms with Crippen LogP contribution in [0.1, 0.15) is 87.2 Å². The average molecular weight is 869 g/mol. The fourth-order valence-electron chi connectivity index (χ4n) is 7.76. The van der Waals surface area contributed by atoms with Crippen molar-refractivity contribution in [2.24, 2.45) is 35.5 Å². The third kappa shape index (κ3) is 9.42. The van der Waals surface area contributed by atoms with Crippen molar-refractivity contribution in [3.63, 3.8) is 0 Å². The highest BCUT2D eigenvalue weighted by Crippen LogP contribution is 2.29. The van der Waals surface area contributed by atoms with Crippen molar-refractivity contribution in [3.05, 3.63) is 87.6 Å². The Balaban J connectivity index is 1.57. The summed E-state index contributed by atoms with van der Waals surface area (Å²) in [5.41, 5.74) is 16.5. The number of imidazole rings is 2. The van der Waals surface area contributed by atoms with Crippen molar-refractivity contribution in [1.29, 1.82) is 0 Å². The number of aliphatic hydroxyl groups excluding tert-OH is 1. The summed E-state index contributed by atoms with van der Waals surface area (Å²) in [5, 5.41) is 18.5. The number of aromatic nitrogens is 8. The van der Waals surface area contributed by atoms with Gasteiger partial charge in [0.05, 0.1) is 47.6 Å². The van der Waals surface area contributed by atoms with Crippen LogP contribution in [0.25, 0.3) is 22.1 Å². The third-order valence-corrected chi connectivity index (χ3v) is 10.7. The van der Waals surface area contributed by atoms with Gasteiger partial charge in [-0.3, -0.25) is 28.5 Å². The van der Waals surface area contributed by atoms with Gasteiger partial charge in [0.25, 0.3) is 11.8 Å². The van der Waals surface area contributed by atoms with E-state index in [1.54, 1.807) is 87.4 Å². The lowest BCUT2D eigenvalue weighted by atomic mass is 10.1. The van der Waals surface area contributed by atoms with Gasteiger partial charge in [-0.2, -0.15) is 20.2 Å². The summed E-state index contributed by atoms with van der Waals surface area (Å²) in [7, 11) is 3.46. The van der Waals surface area contributed by atoms with E-state index >= 15 is 0 Å². The van der Waals surface area contributed by atoms with Gasteiger partial charge in [0.2, 0.25) is 23.1 Å². The van der Waals surface area contributed by atoms with Crippen LogP contribution in [-0.2, 0) is 49.7 Å². The van der Waals surface area contributed by atoms with Crippen molar-refractivity contribution in [3.8, 4) is 5.75 Å². The van der Waals surface area contributed by atoms with E-state index in [0.717, 1.165) is 0 Å². The lowest BCUT2D eigenvalue weighted by Crippen LogP contribution is -2.43. The SMILES string of the molecule is CCO[C@H](Cn1c(=NC(=O)c2cc(C)nn2CC)n(C)c2cc(C(N)=O)ccc21)[C@@H](Cn1c(=NC(=O)c2cc(C)nn2CC)n(C)c2cc(C(N)=O)cc(OCCCO)c21)OCC. The molecule has 4 heterocycles. The molecule has 0 spiro atoms. The number of nitrogens with two attached hydrogens (primary N) is 2. The number of carbonyl (C=O) groups excluding carboxylic acids is 4. The number of hydrogen-bond acceptors (Lipinski definition) is 10. The molecule has 0 aliphatic carbocycles. The minimum absolute atomic E-state index is 0.0395. The van der Waals surface area contributed by atoms with Crippen LogP contribution in [0.3, 0.4) is 0 Å². The number of primary amides is 2. The molecule has 0 unspecified atom stereocenters. The number of ether oxygens (including phenoxy) is 3. The topological polar surface area (TPSA) is 248 Å². The molecule has 5 N–H and O–H groups in total. The average Bonchev–Trinajstić information content (AvgIpc) is 3.98. The molecule has 2 atom stereocenters. The second-order valence-electron chi connectivity index (χ2n) is 14.9. The number of nitrogens with zero attached hydrogens (tertiary/aromatic N) is 10. The molecular formula is C43H56N12O8. The lowest BCUT2D eigenvalue weighted by molar-refractivity contribution is -0.0801. The van der Waals surface area contributed by atoms with Crippen molar-refractivity contribution < 1.29 is 38.5 Å². The standard InChI is InChI=1S/C43H56N12O8/c1-9-54-32(18-25(5)48-54)40(59)46-42-50(7)30-20-27(38(44)57)14-15-29(30)52(42)23-35(61-11-3)36(62-12-4)24-53-37-31(21-28(39(45)58)22-34(37)63-17-13-16-56)51(8)43(53)47-41(60)33-19-26(6)49-55(33)10-2/h14-15,18-22,35-36,56H,9-13,16-17,23-24H2,1-8H3,(H2,44,57)(H2,45,58)/t35-,36-/m1/s1. The van der Waals surface area contributed by atoms with Crippen molar-refractivity contribution in [2.45, 2.75) is 86.4 Å². The molecule has 0 radical (unpaired) electrons. The van der Waals surface area contributed by atoms with E-state index in [4.69, 9.17) is 25.7 Å². The highest BCUT2D eigenvalue weighted by Gasteiger charge is 2.30. The number of carbonyl (C=O) groups is 4. The summed E-state index contributed by atoms with van der Waals surface area (Å²) in [4.78, 5) is 62.3. The van der Waals surface area contributed by atoms with E-state index in [1.807, 2.05) is 32.3 Å². The molecule has 4 amide bonds. The van der Waals surface area contributed by atoms with Gasteiger partial charge >= 0.3 is 0 Å². The smallest absolute Gasteiger partial charge is 0.298 e. The zero-order valence-electron chi connectivity index (χ0n) is 37.0. The Bertz CT molecular complexity index is 2830. The minimum Gasteiger partial charge on any atom is -0.491 e. The number of rotatable bonds is 19. The lowest BCUT2D eigenvalue weighted by Gasteiger charge is -2.28. The summed E-state index contributed by atoms with van der Waals surface area (Å²) < 4.78 is 29.5. The van der Waals surface area contributed by atoms with Crippen LogP contribution in [0, 0.1) is 13.8 Å². The molecule has 0 saturated heterocycles. The van der Waals surface area contributed by atoms with Gasteiger partial charge in [-0.05, 0) is 84.0 Å². The van der Waals surface area contributed by atoms with Crippen LogP contribution in [0.15, 0.2) is 52.4 Å². The number of fused-ring (bicyclic) bond motifs is 2. The number of aliphatic hydroxyl groups is 1. The highest BCUT2D eigenvalue weighted by molar-refractivity contribution is 5.99. The Morgan fingerprint density at radius 1 is 0.698 bits per heavy atom. The molecule has 6 aromatic rings. The van der Waals surface area contributed by atoms with Crippen LogP contribution >= 0.6 is 0 Å². The minimum atomic E-state index is -0.764. The third-order valence-electron chi connectivity index (χ3n) is 10.7. The molecule has 336 valence electrons. The van der Waals surface area contributed by atoms with E-state index < -0.39 is 35.8 Å². The van der Waals surface area contributed by atoms with Crippen molar-refractivity contribution in [1.82, 2.24) is 37.8 Å². The molecule has 0 bridgehead atoms. The van der Waals surface area contributed by atoms with Gasteiger partial charge < -0.3 is 49.1 Å². The van der Waals surface area contributed by atoms with Gasteiger partial charge in [-0.15, -0.1) is 0 Å². The molecule has 6 rings (SSSR count). The molecule has 4 aromatic heterocycles. The number of benzene rings is 2. The normalized spacial score (nSPS) is 13.3. The van der Waals surface area contributed by atoms with E-state index in [1.165, 1.54) is 6.07 Å². The summed E-state index contributed by atoms with van der Waals surface area (Å²) in [6.45, 7) is 12.6. The van der Waals surface area contributed by atoms with Crippen molar-refractivity contribution >= 4 is 45.7 Å². The summed E-state index contributed by atoms with van der Waals surface area (Å²) >= 11 is 0. The van der Waals surface area contributed by atoms with Crippen molar-refractivity contribution in [2.75, 3.05) is 26.4 Å². The Kier molecular flexibility index (Phi) is 14.3. The molecule has 20 heteroatoms. The Hall–Kier alpha value is -6.64. The van der Waals surface area contributed by atoms with Gasteiger partial charge in [-0.25, -0.2) is 0 Å². The molecule has 0 aliphatic rings. The van der Waals surface area contributed by atoms with E-state index in [2.05, 4.69) is 20.2 Å². The van der Waals surface area contributed by atoms with Gasteiger partial charge in [0.1, 0.15) is 34.9 Å². The maximum absolute atomic E-state index is 14.1. The molecule has 0 saturated carbocycles. The zero-order chi connectivity index (χ0) is 45.7. The first-order valence-electron chi connectivity index (χ1n) is 20.9. The number of amides is 4. The summed E-state index contributed by atoms with van der Waals surface area (Å²) in [6.07, 6.45) is -1.20. The van der Waals surface area contributed by atoms with Crippen LogP contribution in [0.5, 0.6) is 5.75 Å². The first kappa shape index (κ1) is 45.9. The molecule has 63 heavy (non-hydrogen) atoms. The van der Waals surface area contributed by atoms with Gasteiger partial charge in [0, 0.05) is 64.6 Å². The second kappa shape index (κ2) is 19.6. The highest BCUT2D eigenvalue weighted by atomic mass is 16.5. The maximum atomic E-state index is 14.1. The largest absolute Gasteiger partial charge is 0.491 e. The van der Waals surface area contributed by atoms with E-state index in [0.29, 0.717) is 58.7 Å². The second-order valence-corrected chi connectivity index (χ2v) is 14.9. The molecule has 0 fully saturated rings. The van der Waals surface area contributed by atoms with Crippen LogP contribution < -0.4 is 27.4 Å². The quantitative estimate of drug-likeness (QED) is 0.100. The zero-order valence-corrected chi connectivity index (χ0v) is 37.0. The first-order valence-corrected chi connectivity index (χ1v) is 20.9. The van der Waals surface area contributed by atoms with Crippen LogP contribution in [0.2, 0.25) is 0 Å². The van der Waals surface area contributed by atoms with Gasteiger partial charge in [0.15, 0.2) is 0 Å². The van der Waals surface area contributed by atoms with Crippen LogP contribution in [-0.4, -0.2) is 105 Å². The number of hydrogen-bond donors (Lipinski definition) is 3. The number of aryl methyl sites for hydroxylation is 6. The molecule has 2 aromatic carbocycles. The fourth-order valence-corrected chi connectivity index (χ4v) is 7.76. The maximum Gasteiger partial charge on any atom is 0.298 e. The van der Waals surface area contributed by atoms with Crippen LogP contribution in [0.4, 0.5) is 0 Å². The summed E-state index contributed by atoms with van der Waals surface area (Å²) in [6, 6.07) is 11.5. The molecular weight excluding hydrogens is 813 g/mol. The van der Waals surface area contributed by atoms with E-state index in [9.17, 15) is 24.3 Å². The monoisotopic (exact) mass is 868 g/mol. The van der Waals surface area contributed by atoms with Gasteiger partial charge in [-0.1, -0.05) is 0 Å². The predicted octanol–water partition coefficient (Wildman–Crippen LogP) is 2.27. The Labute approximate surface area is 363 Å². The predicted molar refractivity (Wildman–Crippen MR) is 232 cm³/mol. The molecule has 0 aliphatic heterocycles. The first-order chi connectivity index (χ1) is 30.1. The molecule has 20 nitrogen and oxygen atoms in total. The Morgan fingerprint density at radius 2 is 1.21 bits per heavy atom. The fraction of sp³-hybridized carbons (Fsp3) is 0.442.